The Labute approximate surface area is 167 Å². The van der Waals surface area contributed by atoms with E-state index < -0.39 is 6.61 Å². The molecule has 0 aliphatic heterocycles. The maximum Gasteiger partial charge on any atom is 0.387 e. The average molecular weight is 400 g/mol. The van der Waals surface area contributed by atoms with Crippen LogP contribution in [0.5, 0.6) is 5.75 Å². The van der Waals surface area contributed by atoms with Crippen LogP contribution in [-0.4, -0.2) is 33.9 Å². The molecule has 0 amide bonds. The zero-order chi connectivity index (χ0) is 20.5. The Morgan fingerprint density at radius 3 is 2.62 bits per heavy atom. The SMILES string of the molecule is CCNC(=NCc1ccccc1OC(F)F)NCc1nncn1-c1ccccc1. The van der Waals surface area contributed by atoms with Gasteiger partial charge in [-0.2, -0.15) is 8.78 Å². The standard InChI is InChI=1S/C20H22F2N6O/c1-2-23-20(24-12-15-8-6-7-11-17(15)29-19(21)22)25-13-18-27-26-14-28(18)16-9-4-3-5-10-16/h3-11,14,19H,2,12-13H2,1H3,(H2,23,24,25). The van der Waals surface area contributed by atoms with Crippen LogP contribution in [0.15, 0.2) is 65.9 Å². The summed E-state index contributed by atoms with van der Waals surface area (Å²) in [6, 6.07) is 16.4. The van der Waals surface area contributed by atoms with Gasteiger partial charge in [0.05, 0.1) is 13.1 Å². The normalized spacial score (nSPS) is 11.5. The number of alkyl halides is 2. The van der Waals surface area contributed by atoms with E-state index in [1.807, 2.05) is 41.8 Å². The van der Waals surface area contributed by atoms with Crippen molar-refractivity contribution in [3.8, 4) is 11.4 Å². The highest BCUT2D eigenvalue weighted by molar-refractivity contribution is 5.79. The third-order valence-electron chi connectivity index (χ3n) is 4.01. The molecule has 0 aliphatic rings. The van der Waals surface area contributed by atoms with Crippen LogP contribution in [0.3, 0.4) is 0 Å². The van der Waals surface area contributed by atoms with Gasteiger partial charge in [-0.3, -0.25) is 4.57 Å². The largest absolute Gasteiger partial charge is 0.434 e. The molecule has 0 spiro atoms. The molecule has 2 aromatic carbocycles. The van der Waals surface area contributed by atoms with Gasteiger partial charge in [0.1, 0.15) is 12.1 Å². The Balaban J connectivity index is 1.70. The van der Waals surface area contributed by atoms with Gasteiger partial charge in [-0.1, -0.05) is 36.4 Å². The van der Waals surface area contributed by atoms with Crippen molar-refractivity contribution in [3.63, 3.8) is 0 Å². The van der Waals surface area contributed by atoms with E-state index in [2.05, 4.69) is 30.6 Å². The molecule has 0 radical (unpaired) electrons. The number of hydrogen-bond acceptors (Lipinski definition) is 4. The first-order valence-corrected chi connectivity index (χ1v) is 9.16. The van der Waals surface area contributed by atoms with Crippen molar-refractivity contribution in [1.29, 1.82) is 0 Å². The highest BCUT2D eigenvalue weighted by Gasteiger charge is 2.10. The van der Waals surface area contributed by atoms with Crippen molar-refractivity contribution in [1.82, 2.24) is 25.4 Å². The topological polar surface area (TPSA) is 76.4 Å². The lowest BCUT2D eigenvalue weighted by molar-refractivity contribution is -0.0504. The maximum absolute atomic E-state index is 12.6. The lowest BCUT2D eigenvalue weighted by atomic mass is 10.2. The van der Waals surface area contributed by atoms with Crippen LogP contribution in [0, 0.1) is 0 Å². The maximum atomic E-state index is 12.6. The zero-order valence-corrected chi connectivity index (χ0v) is 15.9. The predicted molar refractivity (Wildman–Crippen MR) is 106 cm³/mol. The summed E-state index contributed by atoms with van der Waals surface area (Å²) < 4.78 is 31.6. The molecule has 0 bridgehead atoms. The predicted octanol–water partition coefficient (Wildman–Crippen LogP) is 3.12. The van der Waals surface area contributed by atoms with Crippen LogP contribution in [0.2, 0.25) is 0 Å². The van der Waals surface area contributed by atoms with Gasteiger partial charge < -0.3 is 15.4 Å². The average Bonchev–Trinajstić information content (AvgIpc) is 3.20. The zero-order valence-electron chi connectivity index (χ0n) is 15.9. The van der Waals surface area contributed by atoms with Crippen LogP contribution in [0.25, 0.3) is 5.69 Å². The fourth-order valence-electron chi connectivity index (χ4n) is 2.70. The molecule has 3 aromatic rings. The Morgan fingerprint density at radius 1 is 1.10 bits per heavy atom. The number of guanidine groups is 1. The molecule has 0 aliphatic carbocycles. The molecule has 7 nitrogen and oxygen atoms in total. The fraction of sp³-hybridized carbons (Fsp3) is 0.250. The van der Waals surface area contributed by atoms with Gasteiger partial charge in [0.15, 0.2) is 11.8 Å². The summed E-state index contributed by atoms with van der Waals surface area (Å²) >= 11 is 0. The number of ether oxygens (including phenoxy) is 1. The molecule has 29 heavy (non-hydrogen) atoms. The minimum absolute atomic E-state index is 0.117. The summed E-state index contributed by atoms with van der Waals surface area (Å²) in [7, 11) is 0. The summed E-state index contributed by atoms with van der Waals surface area (Å²) in [6.07, 6.45) is 1.65. The van der Waals surface area contributed by atoms with E-state index in [0.717, 1.165) is 5.69 Å². The third-order valence-corrected chi connectivity index (χ3v) is 4.01. The van der Waals surface area contributed by atoms with Crippen molar-refractivity contribution in [2.45, 2.75) is 26.6 Å². The number of rotatable bonds is 8. The van der Waals surface area contributed by atoms with Gasteiger partial charge >= 0.3 is 6.61 Å². The third kappa shape index (κ3) is 5.74. The van der Waals surface area contributed by atoms with Crippen molar-refractivity contribution in [2.24, 2.45) is 4.99 Å². The quantitative estimate of drug-likeness (QED) is 0.449. The van der Waals surface area contributed by atoms with E-state index in [4.69, 9.17) is 0 Å². The van der Waals surface area contributed by atoms with E-state index >= 15 is 0 Å². The number of halogens is 2. The number of para-hydroxylation sites is 2. The number of aromatic nitrogens is 3. The first-order chi connectivity index (χ1) is 14.2. The number of nitrogens with zero attached hydrogens (tertiary/aromatic N) is 4. The molecule has 2 N–H and O–H groups in total. The molecule has 0 saturated heterocycles. The number of nitrogens with one attached hydrogen (secondary N) is 2. The van der Waals surface area contributed by atoms with Gasteiger partial charge in [0, 0.05) is 17.8 Å². The number of aliphatic imine (C=N–C) groups is 1. The second kappa shape index (κ2) is 10.2. The lowest BCUT2D eigenvalue weighted by Crippen LogP contribution is -2.37. The van der Waals surface area contributed by atoms with E-state index in [1.165, 1.54) is 6.07 Å². The highest BCUT2D eigenvalue weighted by Crippen LogP contribution is 2.21. The van der Waals surface area contributed by atoms with Gasteiger partial charge in [-0.25, -0.2) is 4.99 Å². The van der Waals surface area contributed by atoms with E-state index in [9.17, 15) is 8.78 Å². The van der Waals surface area contributed by atoms with Crippen molar-refractivity contribution < 1.29 is 13.5 Å². The summed E-state index contributed by atoms with van der Waals surface area (Å²) in [5.41, 5.74) is 1.52. The molecule has 0 atom stereocenters. The van der Waals surface area contributed by atoms with Crippen LogP contribution in [-0.2, 0) is 13.1 Å². The molecule has 9 heteroatoms. The molecule has 0 saturated carbocycles. The van der Waals surface area contributed by atoms with Gasteiger partial charge in [-0.05, 0) is 25.1 Å². The van der Waals surface area contributed by atoms with E-state index in [-0.39, 0.29) is 12.3 Å². The van der Waals surface area contributed by atoms with Crippen LogP contribution in [0.4, 0.5) is 8.78 Å². The second-order valence-electron chi connectivity index (χ2n) is 5.99. The summed E-state index contributed by atoms with van der Waals surface area (Å²) in [5.74, 6) is 1.36. The van der Waals surface area contributed by atoms with Gasteiger partial charge in [-0.15, -0.1) is 10.2 Å². The first-order valence-electron chi connectivity index (χ1n) is 9.16. The van der Waals surface area contributed by atoms with Gasteiger partial charge in [0.25, 0.3) is 0 Å². The monoisotopic (exact) mass is 400 g/mol. The minimum Gasteiger partial charge on any atom is -0.434 e. The van der Waals surface area contributed by atoms with Crippen molar-refractivity contribution in [2.75, 3.05) is 6.54 Å². The Morgan fingerprint density at radius 2 is 1.86 bits per heavy atom. The molecule has 0 fully saturated rings. The van der Waals surface area contributed by atoms with E-state index in [1.54, 1.807) is 24.5 Å². The molecule has 1 aromatic heterocycles. The Hall–Kier alpha value is -3.49. The minimum atomic E-state index is -2.88. The molecular formula is C20H22F2N6O. The lowest BCUT2D eigenvalue weighted by Gasteiger charge is -2.13. The molecule has 0 unspecified atom stereocenters. The molecule has 152 valence electrons. The molecular weight excluding hydrogens is 378 g/mol. The summed E-state index contributed by atoms with van der Waals surface area (Å²) in [6.45, 7) is 0.277. The summed E-state index contributed by atoms with van der Waals surface area (Å²) in [4.78, 5) is 4.47. The van der Waals surface area contributed by atoms with Crippen molar-refractivity contribution in [3.05, 3.63) is 72.3 Å². The molecule has 3 rings (SSSR count). The number of benzene rings is 2. The smallest absolute Gasteiger partial charge is 0.387 e. The van der Waals surface area contributed by atoms with E-state index in [0.29, 0.717) is 30.4 Å². The Kier molecular flexibility index (Phi) is 7.10. The Bertz CT molecular complexity index is 929. The van der Waals surface area contributed by atoms with Crippen LogP contribution < -0.4 is 15.4 Å². The highest BCUT2D eigenvalue weighted by atomic mass is 19.3. The number of hydrogen-bond donors (Lipinski definition) is 2. The van der Waals surface area contributed by atoms with Crippen molar-refractivity contribution >= 4 is 5.96 Å². The van der Waals surface area contributed by atoms with Crippen LogP contribution >= 0.6 is 0 Å². The van der Waals surface area contributed by atoms with Gasteiger partial charge in [0.2, 0.25) is 0 Å². The fourth-order valence-corrected chi connectivity index (χ4v) is 2.70. The van der Waals surface area contributed by atoms with Crippen LogP contribution in [0.1, 0.15) is 18.3 Å². The molecule has 1 heterocycles. The second-order valence-corrected chi connectivity index (χ2v) is 5.99. The first kappa shape index (κ1) is 20.2. The summed E-state index contributed by atoms with van der Waals surface area (Å²) in [5, 5.41) is 14.5.